The van der Waals surface area contributed by atoms with Gasteiger partial charge in [0.2, 0.25) is 11.1 Å². The number of nitrogens with two attached hydrogens (primary N) is 1. The van der Waals surface area contributed by atoms with Gasteiger partial charge in [-0.25, -0.2) is 9.47 Å². The predicted octanol–water partition coefficient (Wildman–Crippen LogP) is 2.68. The molecule has 8 nitrogen and oxygen atoms in total. The summed E-state index contributed by atoms with van der Waals surface area (Å²) >= 11 is 13.1. The third-order valence-corrected chi connectivity index (χ3v) is 4.40. The molecule has 140 valence electrons. The molecule has 0 saturated heterocycles. The number of halogens is 2. The molecule has 0 atom stereocenters. The van der Waals surface area contributed by atoms with Crippen LogP contribution < -0.4 is 16.5 Å². The molecule has 1 heterocycles. The van der Waals surface area contributed by atoms with E-state index in [-0.39, 0.29) is 5.75 Å². The van der Waals surface area contributed by atoms with Crippen LogP contribution in [0.2, 0.25) is 10.0 Å². The lowest BCUT2D eigenvalue weighted by Crippen LogP contribution is -2.48. The van der Waals surface area contributed by atoms with Crippen molar-refractivity contribution >= 4 is 46.9 Å². The number of benzene rings is 1. The number of nitrogen functional groups attached to an aromatic ring is 1. The number of carbonyl (C=O) groups is 2. The van der Waals surface area contributed by atoms with Crippen LogP contribution in [0.4, 0.5) is 4.79 Å². The van der Waals surface area contributed by atoms with Crippen molar-refractivity contribution in [2.45, 2.75) is 31.5 Å². The Morgan fingerprint density at radius 3 is 2.58 bits per heavy atom. The first-order valence-electron chi connectivity index (χ1n) is 7.47. The summed E-state index contributed by atoms with van der Waals surface area (Å²) in [7, 11) is 0. The van der Waals surface area contributed by atoms with Crippen LogP contribution in [0.5, 0.6) is 0 Å². The normalized spacial score (nSPS) is 11.3. The van der Waals surface area contributed by atoms with Gasteiger partial charge in [0.05, 0.1) is 10.8 Å². The maximum atomic E-state index is 11.9. The summed E-state index contributed by atoms with van der Waals surface area (Å²) in [6, 6.07) is 4.34. The summed E-state index contributed by atoms with van der Waals surface area (Å²) in [6.07, 6.45) is 0. The summed E-state index contributed by atoms with van der Waals surface area (Å²) in [5.74, 6) is 5.78. The highest BCUT2D eigenvalue weighted by atomic mass is 35.5. The van der Waals surface area contributed by atoms with Gasteiger partial charge < -0.3 is 11.2 Å². The monoisotopic (exact) mass is 416 g/mol. The first kappa shape index (κ1) is 20.3. The minimum absolute atomic E-state index is 0.0543. The van der Waals surface area contributed by atoms with Gasteiger partial charge in [0.1, 0.15) is 0 Å². The maximum absolute atomic E-state index is 11.9. The fraction of sp³-hybridized carbons (Fsp3) is 0.333. The van der Waals surface area contributed by atoms with E-state index in [1.54, 1.807) is 18.2 Å². The number of nitrogens with zero attached hydrogens (tertiary/aromatic N) is 3. The van der Waals surface area contributed by atoms with E-state index in [0.717, 1.165) is 11.8 Å². The Labute approximate surface area is 164 Å². The van der Waals surface area contributed by atoms with Crippen molar-refractivity contribution < 1.29 is 9.59 Å². The van der Waals surface area contributed by atoms with E-state index in [4.69, 9.17) is 29.0 Å². The van der Waals surface area contributed by atoms with E-state index in [9.17, 15) is 9.59 Å². The van der Waals surface area contributed by atoms with Crippen LogP contribution in [-0.2, 0) is 4.79 Å². The van der Waals surface area contributed by atoms with E-state index >= 15 is 0 Å². The molecular formula is C15H18Cl2N6O2S. The van der Waals surface area contributed by atoms with Crippen LogP contribution in [0, 0.1) is 0 Å². The summed E-state index contributed by atoms with van der Waals surface area (Å²) in [4.78, 5) is 23.5. The number of imide groups is 1. The van der Waals surface area contributed by atoms with Crippen LogP contribution in [0.25, 0.3) is 11.4 Å². The lowest BCUT2D eigenvalue weighted by Gasteiger charge is -2.20. The Bertz CT molecular complexity index is 834. The van der Waals surface area contributed by atoms with Crippen molar-refractivity contribution in [1.29, 1.82) is 0 Å². The van der Waals surface area contributed by atoms with E-state index < -0.39 is 17.5 Å². The van der Waals surface area contributed by atoms with E-state index in [1.807, 2.05) is 20.8 Å². The fourth-order valence-corrected chi connectivity index (χ4v) is 3.04. The quantitative estimate of drug-likeness (QED) is 0.521. The molecule has 0 saturated carbocycles. The van der Waals surface area contributed by atoms with Gasteiger partial charge in [-0.1, -0.05) is 35.0 Å². The maximum Gasteiger partial charge on any atom is 0.321 e. The predicted molar refractivity (Wildman–Crippen MR) is 103 cm³/mol. The molecule has 2 aromatic rings. The lowest BCUT2D eigenvalue weighted by atomic mass is 10.1. The van der Waals surface area contributed by atoms with Gasteiger partial charge in [-0.2, -0.15) is 0 Å². The zero-order valence-electron chi connectivity index (χ0n) is 14.3. The van der Waals surface area contributed by atoms with Crippen molar-refractivity contribution in [3.8, 4) is 11.4 Å². The van der Waals surface area contributed by atoms with Gasteiger partial charge in [0, 0.05) is 16.1 Å². The molecule has 0 radical (unpaired) electrons. The number of hydrogen-bond donors (Lipinski definition) is 3. The zero-order valence-corrected chi connectivity index (χ0v) is 16.7. The highest BCUT2D eigenvalue weighted by Crippen LogP contribution is 2.30. The molecule has 0 unspecified atom stereocenters. The van der Waals surface area contributed by atoms with Gasteiger partial charge in [-0.15, -0.1) is 10.2 Å². The second-order valence-electron chi connectivity index (χ2n) is 6.34. The summed E-state index contributed by atoms with van der Waals surface area (Å²) in [6.45, 7) is 5.43. The third-order valence-electron chi connectivity index (χ3n) is 2.91. The van der Waals surface area contributed by atoms with Gasteiger partial charge in [-0.05, 0) is 39.0 Å². The second kappa shape index (κ2) is 8.15. The topological polar surface area (TPSA) is 115 Å². The minimum atomic E-state index is -0.564. The molecule has 3 amide bonds. The molecule has 0 aliphatic heterocycles. The van der Waals surface area contributed by atoms with Crippen molar-refractivity contribution in [3.05, 3.63) is 28.2 Å². The fourth-order valence-electron chi connectivity index (χ4n) is 1.89. The lowest BCUT2D eigenvalue weighted by molar-refractivity contribution is -0.117. The zero-order chi connectivity index (χ0) is 19.5. The molecule has 0 fully saturated rings. The smallest absolute Gasteiger partial charge is 0.321 e. The SMILES string of the molecule is CC(C)(C)NC(=O)NC(=O)CSc1nnc(-c2ccc(Cl)cc2Cl)n1N. The van der Waals surface area contributed by atoms with Crippen molar-refractivity contribution in [1.82, 2.24) is 25.5 Å². The molecule has 0 bridgehead atoms. The molecule has 1 aromatic heterocycles. The number of aromatic nitrogens is 3. The Hall–Kier alpha value is -1.97. The van der Waals surface area contributed by atoms with Crippen molar-refractivity contribution in [3.63, 3.8) is 0 Å². The molecule has 0 aliphatic rings. The highest BCUT2D eigenvalue weighted by molar-refractivity contribution is 7.99. The number of urea groups is 1. The van der Waals surface area contributed by atoms with Crippen LogP contribution in [0.3, 0.4) is 0 Å². The molecule has 11 heteroatoms. The standard InChI is InChI=1S/C15H18Cl2N6O2S/c1-15(2,3)20-13(25)19-11(24)7-26-14-22-21-12(23(14)18)9-5-4-8(16)6-10(9)17/h4-6H,7,18H2,1-3H3,(H2,19,20,24,25). The average molecular weight is 417 g/mol. The molecule has 4 N–H and O–H groups in total. The molecular weight excluding hydrogens is 399 g/mol. The Balaban J connectivity index is 2.00. The first-order valence-corrected chi connectivity index (χ1v) is 9.21. The third kappa shape index (κ3) is 5.52. The average Bonchev–Trinajstić information content (AvgIpc) is 2.84. The second-order valence-corrected chi connectivity index (χ2v) is 8.13. The molecule has 0 aliphatic carbocycles. The van der Waals surface area contributed by atoms with E-state index in [1.165, 1.54) is 4.68 Å². The Morgan fingerprint density at radius 1 is 1.27 bits per heavy atom. The Morgan fingerprint density at radius 2 is 1.96 bits per heavy atom. The summed E-state index contributed by atoms with van der Waals surface area (Å²) in [5.41, 5.74) is 0.119. The van der Waals surface area contributed by atoms with Crippen LogP contribution >= 0.6 is 35.0 Å². The number of rotatable bonds is 4. The number of amides is 3. The van der Waals surface area contributed by atoms with Crippen molar-refractivity contribution in [2.24, 2.45) is 0 Å². The number of hydrogen-bond acceptors (Lipinski definition) is 6. The van der Waals surface area contributed by atoms with Gasteiger partial charge in [-0.3, -0.25) is 10.1 Å². The molecule has 0 spiro atoms. The molecule has 2 rings (SSSR count). The summed E-state index contributed by atoms with van der Waals surface area (Å²) in [5, 5.41) is 14.0. The first-order chi connectivity index (χ1) is 12.1. The highest BCUT2D eigenvalue weighted by Gasteiger charge is 2.18. The van der Waals surface area contributed by atoms with E-state index in [0.29, 0.717) is 26.6 Å². The molecule has 26 heavy (non-hydrogen) atoms. The van der Waals surface area contributed by atoms with Crippen molar-refractivity contribution in [2.75, 3.05) is 11.6 Å². The van der Waals surface area contributed by atoms with Crippen LogP contribution in [-0.4, -0.2) is 38.1 Å². The number of nitrogens with one attached hydrogen (secondary N) is 2. The number of thioether (sulfide) groups is 1. The minimum Gasteiger partial charge on any atom is -0.335 e. The molecule has 1 aromatic carbocycles. The van der Waals surface area contributed by atoms with Gasteiger partial charge in [0.25, 0.3) is 0 Å². The summed E-state index contributed by atoms with van der Waals surface area (Å²) < 4.78 is 1.22. The van der Waals surface area contributed by atoms with Gasteiger partial charge in [0.15, 0.2) is 5.82 Å². The number of carbonyl (C=O) groups excluding carboxylic acids is 2. The van der Waals surface area contributed by atoms with Crippen LogP contribution in [0.1, 0.15) is 20.8 Å². The Kier molecular flexibility index (Phi) is 6.38. The van der Waals surface area contributed by atoms with E-state index in [2.05, 4.69) is 20.8 Å². The largest absolute Gasteiger partial charge is 0.335 e. The van der Waals surface area contributed by atoms with Gasteiger partial charge >= 0.3 is 6.03 Å². The van der Waals surface area contributed by atoms with Crippen LogP contribution in [0.15, 0.2) is 23.4 Å².